The second kappa shape index (κ2) is 7.96. The number of halogens is 3. The van der Waals surface area contributed by atoms with Gasteiger partial charge in [0.2, 0.25) is 5.95 Å². The van der Waals surface area contributed by atoms with Crippen LogP contribution in [0.15, 0.2) is 4.79 Å². The number of hydrogen-bond donors (Lipinski definition) is 5. The Labute approximate surface area is 160 Å². The molecular weight excluding hydrogens is 401 g/mol. The number of fused-ring (bicyclic) bond motifs is 1. The van der Waals surface area contributed by atoms with Gasteiger partial charge in [-0.3, -0.25) is 14.6 Å². The molecule has 3 rings (SSSR count). The number of aliphatic hydroxyl groups excluding tert-OH is 2. The third kappa shape index (κ3) is 4.33. The zero-order valence-corrected chi connectivity index (χ0v) is 14.9. The van der Waals surface area contributed by atoms with Crippen LogP contribution in [0.5, 0.6) is 0 Å². The molecule has 0 bridgehead atoms. The van der Waals surface area contributed by atoms with Gasteiger partial charge in [-0.2, -0.15) is 23.3 Å². The van der Waals surface area contributed by atoms with Crippen LogP contribution in [0.25, 0.3) is 11.0 Å². The topological polar surface area (TPSA) is 168 Å². The number of aromatic amines is 1. The van der Waals surface area contributed by atoms with E-state index in [0.29, 0.717) is 0 Å². The Hall–Kier alpha value is -2.71. The molecule has 29 heavy (non-hydrogen) atoms. The molecule has 0 unspecified atom stereocenters. The molecule has 0 aromatic carbocycles. The minimum absolute atomic E-state index is 0.0645. The maximum atomic E-state index is 12.3. The van der Waals surface area contributed by atoms with E-state index in [-0.39, 0.29) is 48.5 Å². The van der Waals surface area contributed by atoms with E-state index in [0.717, 1.165) is 0 Å². The molecule has 1 saturated heterocycles. The van der Waals surface area contributed by atoms with Crippen LogP contribution in [0, 0.1) is 0 Å². The van der Waals surface area contributed by atoms with Crippen molar-refractivity contribution in [3.8, 4) is 0 Å². The summed E-state index contributed by atoms with van der Waals surface area (Å²) < 4.78 is 43.4. The minimum atomic E-state index is -4.98. The van der Waals surface area contributed by atoms with E-state index < -0.39 is 42.7 Å². The average Bonchev–Trinajstić information content (AvgIpc) is 3.17. The van der Waals surface area contributed by atoms with Crippen LogP contribution in [0.3, 0.4) is 0 Å². The summed E-state index contributed by atoms with van der Waals surface area (Å²) in [5, 5.41) is 25.2. The highest BCUT2D eigenvalue weighted by Crippen LogP contribution is 2.31. The molecule has 1 aliphatic rings. The van der Waals surface area contributed by atoms with E-state index in [2.05, 4.69) is 15.1 Å². The molecule has 3 atom stereocenters. The van der Waals surface area contributed by atoms with Gasteiger partial charge in [-0.1, -0.05) is 0 Å². The van der Waals surface area contributed by atoms with Gasteiger partial charge in [-0.15, -0.1) is 0 Å². The van der Waals surface area contributed by atoms with Crippen LogP contribution in [-0.4, -0.2) is 67.4 Å². The Kier molecular flexibility index (Phi) is 5.77. The van der Waals surface area contributed by atoms with Crippen molar-refractivity contribution in [3.05, 3.63) is 16.0 Å². The number of nitrogen functional groups attached to an aromatic ring is 1. The largest absolute Gasteiger partial charge is 0.471 e. The van der Waals surface area contributed by atoms with E-state index in [9.17, 15) is 33.0 Å². The third-order valence-corrected chi connectivity index (χ3v) is 4.44. The fourth-order valence-electron chi connectivity index (χ4n) is 3.09. The molecule has 6 N–H and O–H groups in total. The Morgan fingerprint density at radius 2 is 2.17 bits per heavy atom. The number of nitrogens with two attached hydrogens (primary N) is 1. The first-order valence-corrected chi connectivity index (χ1v) is 8.68. The lowest BCUT2D eigenvalue weighted by Crippen LogP contribution is -2.37. The van der Waals surface area contributed by atoms with Crippen molar-refractivity contribution in [3.63, 3.8) is 0 Å². The highest BCUT2D eigenvalue weighted by molar-refractivity contribution is 5.81. The maximum absolute atomic E-state index is 12.3. The van der Waals surface area contributed by atoms with Crippen molar-refractivity contribution in [1.82, 2.24) is 25.1 Å². The van der Waals surface area contributed by atoms with Crippen molar-refractivity contribution in [1.29, 1.82) is 0 Å². The number of nitrogens with one attached hydrogen (secondary N) is 2. The summed E-state index contributed by atoms with van der Waals surface area (Å²) in [6.45, 7) is -0.697. The number of amides is 1. The smallest absolute Gasteiger partial charge is 0.394 e. The quantitative estimate of drug-likeness (QED) is 0.369. The van der Waals surface area contributed by atoms with Gasteiger partial charge in [0.05, 0.1) is 18.4 Å². The van der Waals surface area contributed by atoms with Crippen LogP contribution in [0.2, 0.25) is 0 Å². The van der Waals surface area contributed by atoms with Crippen molar-refractivity contribution < 1.29 is 32.9 Å². The standard InChI is InChI=1S/C15H19F3N6O5/c16-15(17,18)13(28)20-3-1-2-6-10-11(21-14(19)22-12(10)27)24(23-6)9-4-7(26)8(5-25)29-9/h7-9,25-26H,1-5H2,(H,20,28)(H3,19,21,22,27)/t7-,8-,9-/m1/s1. The molecule has 1 fully saturated rings. The summed E-state index contributed by atoms with van der Waals surface area (Å²) in [6.07, 6.45) is -7.37. The van der Waals surface area contributed by atoms with Gasteiger partial charge in [-0.05, 0) is 12.8 Å². The molecule has 1 aliphatic heterocycles. The normalized spacial score (nSPS) is 22.3. The van der Waals surface area contributed by atoms with Gasteiger partial charge < -0.3 is 26.0 Å². The first-order chi connectivity index (χ1) is 13.6. The number of aliphatic hydroxyl groups is 2. The number of carbonyl (C=O) groups is 1. The molecule has 0 aliphatic carbocycles. The Morgan fingerprint density at radius 1 is 1.45 bits per heavy atom. The number of nitrogens with zero attached hydrogens (tertiary/aromatic N) is 3. The predicted molar refractivity (Wildman–Crippen MR) is 91.6 cm³/mol. The number of rotatable bonds is 6. The Morgan fingerprint density at radius 3 is 2.79 bits per heavy atom. The summed E-state index contributed by atoms with van der Waals surface area (Å²) in [4.78, 5) is 29.6. The van der Waals surface area contributed by atoms with Crippen molar-refractivity contribution >= 4 is 22.9 Å². The molecule has 0 radical (unpaired) electrons. The molecular formula is C15H19F3N6O5. The maximum Gasteiger partial charge on any atom is 0.471 e. The van der Waals surface area contributed by atoms with Gasteiger partial charge in [-0.25, -0.2) is 4.68 Å². The SMILES string of the molecule is Nc1nc2c(c(CCCNC(=O)C(F)(F)F)nn2[C@H]2C[C@@H](O)[C@@H](CO)O2)c(=O)[nH]1. The third-order valence-electron chi connectivity index (χ3n) is 4.44. The van der Waals surface area contributed by atoms with Crippen LogP contribution in [0.1, 0.15) is 24.8 Å². The van der Waals surface area contributed by atoms with Crippen LogP contribution in [0.4, 0.5) is 19.1 Å². The molecule has 0 saturated carbocycles. The number of alkyl halides is 3. The van der Waals surface area contributed by atoms with Gasteiger partial charge in [0.1, 0.15) is 11.5 Å². The lowest BCUT2D eigenvalue weighted by molar-refractivity contribution is -0.173. The number of aromatic nitrogens is 4. The van der Waals surface area contributed by atoms with Crippen LogP contribution >= 0.6 is 0 Å². The van der Waals surface area contributed by atoms with Crippen molar-refractivity contribution in [2.24, 2.45) is 0 Å². The number of anilines is 1. The second-order valence-corrected chi connectivity index (χ2v) is 6.51. The number of H-pyrrole nitrogens is 1. The molecule has 2 aromatic rings. The van der Waals surface area contributed by atoms with E-state index >= 15 is 0 Å². The van der Waals surface area contributed by atoms with Crippen LogP contribution in [-0.2, 0) is 16.0 Å². The molecule has 2 aromatic heterocycles. The predicted octanol–water partition coefficient (Wildman–Crippen LogP) is -1.05. The highest BCUT2D eigenvalue weighted by atomic mass is 19.4. The molecule has 11 nitrogen and oxygen atoms in total. The number of ether oxygens (including phenoxy) is 1. The zero-order valence-electron chi connectivity index (χ0n) is 14.9. The molecule has 14 heteroatoms. The fraction of sp³-hybridized carbons (Fsp3) is 0.600. The van der Waals surface area contributed by atoms with Crippen molar-refractivity contribution in [2.45, 2.75) is 43.9 Å². The fourth-order valence-corrected chi connectivity index (χ4v) is 3.09. The van der Waals surface area contributed by atoms with Gasteiger partial charge in [0.25, 0.3) is 5.56 Å². The van der Waals surface area contributed by atoms with E-state index in [4.69, 9.17) is 10.5 Å². The zero-order chi connectivity index (χ0) is 21.3. The van der Waals surface area contributed by atoms with E-state index in [1.807, 2.05) is 0 Å². The van der Waals surface area contributed by atoms with E-state index in [1.54, 1.807) is 5.32 Å². The molecule has 1 amide bonds. The summed E-state index contributed by atoms with van der Waals surface area (Å²) in [6, 6.07) is 0. The highest BCUT2D eigenvalue weighted by Gasteiger charge is 2.38. The average molecular weight is 420 g/mol. The summed E-state index contributed by atoms with van der Waals surface area (Å²) in [5.41, 5.74) is 5.30. The lowest BCUT2D eigenvalue weighted by Gasteiger charge is -2.12. The van der Waals surface area contributed by atoms with Gasteiger partial charge in [0.15, 0.2) is 11.9 Å². The molecule has 0 spiro atoms. The summed E-state index contributed by atoms with van der Waals surface area (Å²) in [7, 11) is 0. The number of aryl methyl sites for hydroxylation is 1. The molecule has 3 heterocycles. The summed E-state index contributed by atoms with van der Waals surface area (Å²) >= 11 is 0. The Balaban J connectivity index is 1.83. The number of hydrogen-bond acceptors (Lipinski definition) is 8. The first-order valence-electron chi connectivity index (χ1n) is 8.68. The van der Waals surface area contributed by atoms with Crippen LogP contribution < -0.4 is 16.6 Å². The summed E-state index contributed by atoms with van der Waals surface area (Å²) in [5.74, 6) is -2.23. The molecule has 160 valence electrons. The van der Waals surface area contributed by atoms with Gasteiger partial charge in [0, 0.05) is 13.0 Å². The van der Waals surface area contributed by atoms with Gasteiger partial charge >= 0.3 is 12.1 Å². The Bertz CT molecular complexity index is 958. The number of carbonyl (C=O) groups excluding carboxylic acids is 1. The van der Waals surface area contributed by atoms with Crippen molar-refractivity contribution in [2.75, 3.05) is 18.9 Å². The second-order valence-electron chi connectivity index (χ2n) is 6.51. The van der Waals surface area contributed by atoms with E-state index in [1.165, 1.54) is 4.68 Å². The minimum Gasteiger partial charge on any atom is -0.394 e. The first kappa shape index (κ1) is 21.0. The lowest BCUT2D eigenvalue weighted by atomic mass is 10.2. The monoisotopic (exact) mass is 420 g/mol.